The third kappa shape index (κ3) is 5.02. The van der Waals surface area contributed by atoms with E-state index in [0.717, 1.165) is 30.0 Å². The summed E-state index contributed by atoms with van der Waals surface area (Å²) in [5.74, 6) is 2.47. The summed E-state index contributed by atoms with van der Waals surface area (Å²) < 4.78 is 29.2. The van der Waals surface area contributed by atoms with E-state index in [0.29, 0.717) is 24.9 Å². The highest BCUT2D eigenvalue weighted by Gasteiger charge is 2.12. The molecule has 0 saturated heterocycles. The van der Waals surface area contributed by atoms with Gasteiger partial charge in [0, 0.05) is 19.7 Å². The molecule has 0 atom stereocenters. The van der Waals surface area contributed by atoms with E-state index in [1.807, 2.05) is 18.2 Å². The monoisotopic (exact) mass is 359 g/mol. The van der Waals surface area contributed by atoms with Crippen LogP contribution in [0.1, 0.15) is 5.56 Å². The summed E-state index contributed by atoms with van der Waals surface area (Å²) in [5, 5.41) is 6.40. The molecule has 0 aromatic heterocycles. The van der Waals surface area contributed by atoms with Crippen molar-refractivity contribution in [3.63, 3.8) is 0 Å². The number of halogens is 1. The second kappa shape index (κ2) is 8.94. The summed E-state index contributed by atoms with van der Waals surface area (Å²) in [6.45, 7) is 1.97. The quantitative estimate of drug-likeness (QED) is 0.451. The van der Waals surface area contributed by atoms with Gasteiger partial charge in [-0.25, -0.2) is 4.39 Å². The van der Waals surface area contributed by atoms with E-state index in [9.17, 15) is 4.39 Å². The molecule has 0 radical (unpaired) electrons. The van der Waals surface area contributed by atoms with Crippen molar-refractivity contribution >= 4 is 5.96 Å². The minimum absolute atomic E-state index is 0.283. The van der Waals surface area contributed by atoms with E-state index >= 15 is 0 Å². The van der Waals surface area contributed by atoms with Crippen LogP contribution in [-0.4, -0.2) is 39.5 Å². The van der Waals surface area contributed by atoms with Crippen LogP contribution in [0.25, 0.3) is 0 Å². The van der Waals surface area contributed by atoms with Crippen LogP contribution in [0.5, 0.6) is 17.2 Å². The summed E-state index contributed by atoms with van der Waals surface area (Å²) in [4.78, 5) is 4.17. The number of ether oxygens (including phenoxy) is 3. The van der Waals surface area contributed by atoms with Crippen molar-refractivity contribution in [1.82, 2.24) is 10.6 Å². The molecular formula is C19H22FN3O3. The van der Waals surface area contributed by atoms with Crippen LogP contribution in [0.3, 0.4) is 0 Å². The Morgan fingerprint density at radius 3 is 2.81 bits per heavy atom. The first-order chi connectivity index (χ1) is 12.7. The van der Waals surface area contributed by atoms with Gasteiger partial charge in [-0.2, -0.15) is 0 Å². The molecule has 6 nitrogen and oxygen atoms in total. The molecule has 1 aliphatic heterocycles. The number of fused-ring (bicyclic) bond motifs is 1. The predicted molar refractivity (Wildman–Crippen MR) is 97.5 cm³/mol. The van der Waals surface area contributed by atoms with E-state index in [2.05, 4.69) is 15.6 Å². The van der Waals surface area contributed by atoms with E-state index < -0.39 is 0 Å². The van der Waals surface area contributed by atoms with Crippen LogP contribution < -0.4 is 24.8 Å². The third-order valence-corrected chi connectivity index (χ3v) is 3.83. The predicted octanol–water partition coefficient (Wildman–Crippen LogP) is 2.34. The molecule has 0 aliphatic carbocycles. The van der Waals surface area contributed by atoms with Gasteiger partial charge in [-0.05, 0) is 36.2 Å². The first kappa shape index (κ1) is 17.8. The first-order valence-electron chi connectivity index (χ1n) is 8.46. The summed E-state index contributed by atoms with van der Waals surface area (Å²) in [7, 11) is 1.71. The first-order valence-corrected chi connectivity index (χ1v) is 8.46. The highest BCUT2D eigenvalue weighted by Crippen LogP contribution is 2.32. The fourth-order valence-electron chi connectivity index (χ4n) is 2.54. The van der Waals surface area contributed by atoms with Gasteiger partial charge in [-0.15, -0.1) is 0 Å². The molecule has 0 saturated carbocycles. The maximum atomic E-state index is 13.1. The maximum Gasteiger partial charge on any atom is 0.231 e. The fraction of sp³-hybridized carbons (Fsp3) is 0.316. The van der Waals surface area contributed by atoms with Crippen molar-refractivity contribution < 1.29 is 18.6 Å². The van der Waals surface area contributed by atoms with E-state index in [1.165, 1.54) is 12.1 Å². The molecule has 2 aromatic rings. The Morgan fingerprint density at radius 1 is 1.12 bits per heavy atom. The summed E-state index contributed by atoms with van der Waals surface area (Å²) in [6, 6.07) is 12.0. The Labute approximate surface area is 152 Å². The minimum atomic E-state index is -0.309. The van der Waals surface area contributed by atoms with Gasteiger partial charge in [0.25, 0.3) is 0 Å². The zero-order valence-electron chi connectivity index (χ0n) is 14.6. The second-order valence-corrected chi connectivity index (χ2v) is 5.67. The third-order valence-electron chi connectivity index (χ3n) is 3.83. The summed E-state index contributed by atoms with van der Waals surface area (Å²) in [5.41, 5.74) is 1.16. The number of nitrogens with one attached hydrogen (secondary N) is 2. The summed E-state index contributed by atoms with van der Waals surface area (Å²) in [6.07, 6.45) is 0.830. The zero-order valence-corrected chi connectivity index (χ0v) is 14.6. The standard InChI is InChI=1S/C19H22FN3O3/c1-21-19(23-9-10-24-16-4-2-3-15(20)12-16)22-8-7-14-5-6-17-18(11-14)26-13-25-17/h2-6,11-12H,7-10,13H2,1H3,(H2,21,22,23). The Morgan fingerprint density at radius 2 is 1.96 bits per heavy atom. The minimum Gasteiger partial charge on any atom is -0.492 e. The molecule has 7 heteroatoms. The molecule has 2 aromatic carbocycles. The van der Waals surface area contributed by atoms with E-state index in [4.69, 9.17) is 14.2 Å². The Balaban J connectivity index is 1.35. The molecular weight excluding hydrogens is 337 g/mol. The molecule has 3 rings (SSSR count). The van der Waals surface area contributed by atoms with Crippen molar-refractivity contribution in [2.24, 2.45) is 4.99 Å². The number of guanidine groups is 1. The van der Waals surface area contributed by atoms with Crippen molar-refractivity contribution in [1.29, 1.82) is 0 Å². The summed E-state index contributed by atoms with van der Waals surface area (Å²) >= 11 is 0. The highest BCUT2D eigenvalue weighted by molar-refractivity contribution is 5.79. The lowest BCUT2D eigenvalue weighted by Crippen LogP contribution is -2.40. The average molecular weight is 359 g/mol. The molecule has 0 unspecified atom stereocenters. The number of rotatable bonds is 7. The number of hydrogen-bond acceptors (Lipinski definition) is 4. The van der Waals surface area contributed by atoms with Gasteiger partial charge >= 0.3 is 0 Å². The van der Waals surface area contributed by atoms with Crippen LogP contribution in [0.4, 0.5) is 4.39 Å². The highest BCUT2D eigenvalue weighted by atomic mass is 19.1. The smallest absolute Gasteiger partial charge is 0.231 e. The van der Waals surface area contributed by atoms with Gasteiger partial charge in [-0.3, -0.25) is 4.99 Å². The Hall–Kier alpha value is -2.96. The normalized spacial score (nSPS) is 12.8. The van der Waals surface area contributed by atoms with E-state index in [1.54, 1.807) is 19.2 Å². The lowest BCUT2D eigenvalue weighted by Gasteiger charge is -2.12. The Kier molecular flexibility index (Phi) is 6.14. The largest absolute Gasteiger partial charge is 0.492 e. The van der Waals surface area contributed by atoms with Crippen LogP contribution in [0.15, 0.2) is 47.5 Å². The zero-order chi connectivity index (χ0) is 18.2. The second-order valence-electron chi connectivity index (χ2n) is 5.67. The van der Waals surface area contributed by atoms with Crippen molar-refractivity contribution in [2.75, 3.05) is 33.5 Å². The van der Waals surface area contributed by atoms with Gasteiger partial charge in [0.05, 0.1) is 6.54 Å². The van der Waals surface area contributed by atoms with Gasteiger partial charge in [0.15, 0.2) is 17.5 Å². The van der Waals surface area contributed by atoms with Crippen molar-refractivity contribution in [3.05, 3.63) is 53.8 Å². The van der Waals surface area contributed by atoms with Crippen LogP contribution in [-0.2, 0) is 6.42 Å². The topological polar surface area (TPSA) is 64.1 Å². The molecule has 138 valence electrons. The fourth-order valence-corrected chi connectivity index (χ4v) is 2.54. The maximum absolute atomic E-state index is 13.1. The number of aliphatic imine (C=N–C) groups is 1. The molecule has 1 heterocycles. The Bertz CT molecular complexity index is 767. The molecule has 1 aliphatic rings. The number of hydrogen-bond donors (Lipinski definition) is 2. The molecule has 0 bridgehead atoms. The van der Waals surface area contributed by atoms with Gasteiger partial charge in [0.1, 0.15) is 18.2 Å². The number of nitrogens with zero attached hydrogens (tertiary/aromatic N) is 1. The molecule has 0 fully saturated rings. The van der Waals surface area contributed by atoms with Crippen LogP contribution >= 0.6 is 0 Å². The van der Waals surface area contributed by atoms with Gasteiger partial charge in [0.2, 0.25) is 6.79 Å². The average Bonchev–Trinajstić information content (AvgIpc) is 3.11. The van der Waals surface area contributed by atoms with Gasteiger partial charge in [-0.1, -0.05) is 12.1 Å². The molecule has 0 spiro atoms. The van der Waals surface area contributed by atoms with Crippen molar-refractivity contribution in [2.45, 2.75) is 6.42 Å². The van der Waals surface area contributed by atoms with Crippen molar-refractivity contribution in [3.8, 4) is 17.2 Å². The molecule has 0 amide bonds. The number of benzene rings is 2. The SMILES string of the molecule is CN=C(NCCOc1cccc(F)c1)NCCc1ccc2c(c1)OCO2. The lowest BCUT2D eigenvalue weighted by molar-refractivity contribution is 0.174. The molecule has 26 heavy (non-hydrogen) atoms. The lowest BCUT2D eigenvalue weighted by atomic mass is 10.1. The van der Waals surface area contributed by atoms with E-state index in [-0.39, 0.29) is 12.6 Å². The molecule has 2 N–H and O–H groups in total. The van der Waals surface area contributed by atoms with Crippen LogP contribution in [0.2, 0.25) is 0 Å². The van der Waals surface area contributed by atoms with Gasteiger partial charge < -0.3 is 24.8 Å². The van der Waals surface area contributed by atoms with Crippen LogP contribution in [0, 0.1) is 5.82 Å².